The van der Waals surface area contributed by atoms with Crippen molar-refractivity contribution in [3.63, 3.8) is 0 Å². The molecule has 1 fully saturated rings. The fourth-order valence-electron chi connectivity index (χ4n) is 5.39. The van der Waals surface area contributed by atoms with E-state index in [-0.39, 0.29) is 11.9 Å². The van der Waals surface area contributed by atoms with Crippen molar-refractivity contribution >= 4 is 22.2 Å². The fraction of sp³-hybridized carbons (Fsp3) is 0.379. The van der Waals surface area contributed by atoms with Crippen LogP contribution in [-0.2, 0) is 17.6 Å². The molecule has 5 nitrogen and oxygen atoms in total. The number of nitrogens with zero attached hydrogens (tertiary/aromatic N) is 3. The van der Waals surface area contributed by atoms with E-state index in [9.17, 15) is 10.1 Å². The molecule has 3 aromatic rings. The van der Waals surface area contributed by atoms with Crippen LogP contribution in [0.2, 0.25) is 0 Å². The summed E-state index contributed by atoms with van der Waals surface area (Å²) < 4.78 is 0. The van der Waals surface area contributed by atoms with Gasteiger partial charge < -0.3 is 5.32 Å². The SMILES string of the molecule is C[C@H]1CCc2c(sc(NC(=O)CN3CCN(C(c4ccccc4)c4ccccc4)CC3)c2C#N)C1. The molecule has 35 heavy (non-hydrogen) atoms. The highest BCUT2D eigenvalue weighted by Gasteiger charge is 2.28. The van der Waals surface area contributed by atoms with E-state index in [1.807, 2.05) is 0 Å². The quantitative estimate of drug-likeness (QED) is 0.529. The maximum absolute atomic E-state index is 12.9. The molecule has 0 bridgehead atoms. The summed E-state index contributed by atoms with van der Waals surface area (Å²) in [5.41, 5.74) is 4.44. The third-order valence-corrected chi connectivity index (χ3v) is 8.42. The average molecular weight is 485 g/mol. The number of hydrogen-bond acceptors (Lipinski definition) is 5. The van der Waals surface area contributed by atoms with Crippen LogP contribution in [0.15, 0.2) is 60.7 Å². The van der Waals surface area contributed by atoms with Gasteiger partial charge in [-0.05, 0) is 41.9 Å². The minimum absolute atomic E-state index is 0.0238. The van der Waals surface area contributed by atoms with Crippen LogP contribution in [0.5, 0.6) is 0 Å². The van der Waals surface area contributed by atoms with Gasteiger partial charge in [0.25, 0.3) is 0 Å². The van der Waals surface area contributed by atoms with Crippen LogP contribution in [0.3, 0.4) is 0 Å². The van der Waals surface area contributed by atoms with E-state index in [0.717, 1.165) is 56.0 Å². The van der Waals surface area contributed by atoms with Gasteiger partial charge in [-0.15, -0.1) is 11.3 Å². The van der Waals surface area contributed by atoms with Crippen LogP contribution in [0.1, 0.15) is 46.5 Å². The number of fused-ring (bicyclic) bond motifs is 1. The van der Waals surface area contributed by atoms with E-state index < -0.39 is 0 Å². The first-order valence-corrected chi connectivity index (χ1v) is 13.3. The van der Waals surface area contributed by atoms with Gasteiger partial charge in [0.15, 0.2) is 0 Å². The summed E-state index contributed by atoms with van der Waals surface area (Å²) in [5, 5.41) is 13.5. The van der Waals surface area contributed by atoms with E-state index in [1.165, 1.54) is 16.0 Å². The molecule has 0 spiro atoms. The molecule has 1 aromatic heterocycles. The Labute approximate surface area is 212 Å². The van der Waals surface area contributed by atoms with Crippen LogP contribution in [-0.4, -0.2) is 48.4 Å². The number of amides is 1. The van der Waals surface area contributed by atoms with Gasteiger partial charge in [-0.25, -0.2) is 0 Å². The van der Waals surface area contributed by atoms with Gasteiger partial charge in [0.1, 0.15) is 11.1 Å². The van der Waals surface area contributed by atoms with E-state index in [2.05, 4.69) is 88.8 Å². The van der Waals surface area contributed by atoms with Gasteiger partial charge in [0.05, 0.1) is 18.2 Å². The Kier molecular flexibility index (Phi) is 7.29. The number of carbonyl (C=O) groups is 1. The lowest BCUT2D eigenvalue weighted by Gasteiger charge is -2.39. The topological polar surface area (TPSA) is 59.4 Å². The molecule has 1 atom stereocenters. The molecule has 0 radical (unpaired) electrons. The minimum Gasteiger partial charge on any atom is -0.315 e. The summed E-state index contributed by atoms with van der Waals surface area (Å²) in [6.45, 7) is 6.10. The molecule has 0 unspecified atom stereocenters. The van der Waals surface area contributed by atoms with Crippen LogP contribution in [0.25, 0.3) is 0 Å². The molecule has 6 heteroatoms. The summed E-state index contributed by atoms with van der Waals surface area (Å²) >= 11 is 1.60. The van der Waals surface area contributed by atoms with Crippen molar-refractivity contribution in [2.75, 3.05) is 38.0 Å². The van der Waals surface area contributed by atoms with Gasteiger partial charge in [-0.2, -0.15) is 5.26 Å². The molecule has 1 aliphatic carbocycles. The number of nitriles is 1. The number of thiophene rings is 1. The van der Waals surface area contributed by atoms with Crippen LogP contribution >= 0.6 is 11.3 Å². The molecule has 0 saturated carbocycles. The fourth-order valence-corrected chi connectivity index (χ4v) is 6.77. The van der Waals surface area contributed by atoms with Crippen molar-refractivity contribution in [3.8, 4) is 6.07 Å². The van der Waals surface area contributed by atoms with Crippen LogP contribution in [0.4, 0.5) is 5.00 Å². The number of anilines is 1. The normalized spacial score (nSPS) is 18.7. The summed E-state index contributed by atoms with van der Waals surface area (Å²) in [4.78, 5) is 18.9. The summed E-state index contributed by atoms with van der Waals surface area (Å²) in [7, 11) is 0. The third kappa shape index (κ3) is 5.33. The molecular weight excluding hydrogens is 452 g/mol. The molecule has 5 rings (SSSR count). The predicted molar refractivity (Wildman–Crippen MR) is 142 cm³/mol. The highest BCUT2D eigenvalue weighted by molar-refractivity contribution is 7.16. The summed E-state index contributed by atoms with van der Waals surface area (Å²) in [6.07, 6.45) is 3.07. The summed E-state index contributed by atoms with van der Waals surface area (Å²) in [6, 6.07) is 23.9. The van der Waals surface area contributed by atoms with Gasteiger partial charge in [-0.1, -0.05) is 67.6 Å². The maximum Gasteiger partial charge on any atom is 0.239 e. The largest absolute Gasteiger partial charge is 0.315 e. The lowest BCUT2D eigenvalue weighted by atomic mass is 9.89. The molecule has 1 amide bonds. The number of piperazine rings is 1. The lowest BCUT2D eigenvalue weighted by Crippen LogP contribution is -2.49. The van der Waals surface area contributed by atoms with Gasteiger partial charge in [0.2, 0.25) is 5.91 Å². The Morgan fingerprint density at radius 2 is 1.69 bits per heavy atom. The van der Waals surface area contributed by atoms with Crippen LogP contribution in [0, 0.1) is 17.2 Å². The van der Waals surface area contributed by atoms with Crippen molar-refractivity contribution in [1.29, 1.82) is 5.26 Å². The van der Waals surface area contributed by atoms with Gasteiger partial charge >= 0.3 is 0 Å². The monoisotopic (exact) mass is 484 g/mol. The Balaban J connectivity index is 1.22. The minimum atomic E-state index is -0.0238. The van der Waals surface area contributed by atoms with Crippen molar-refractivity contribution in [2.45, 2.75) is 32.2 Å². The smallest absolute Gasteiger partial charge is 0.239 e. The highest BCUT2D eigenvalue weighted by Crippen LogP contribution is 2.39. The standard InChI is InChI=1S/C29H32N4OS/c1-21-12-13-24-25(19-30)29(35-26(24)18-21)31-27(34)20-32-14-16-33(17-15-32)28(22-8-4-2-5-9-22)23-10-6-3-7-11-23/h2-11,21,28H,12-18,20H2,1H3,(H,31,34)/t21-/m0/s1. The molecular formula is C29H32N4OS. The first kappa shape index (κ1) is 23.7. The molecule has 2 aromatic carbocycles. The first-order chi connectivity index (χ1) is 17.1. The Morgan fingerprint density at radius 3 is 2.29 bits per heavy atom. The molecule has 1 aliphatic heterocycles. The summed E-state index contributed by atoms with van der Waals surface area (Å²) in [5.74, 6) is 0.618. The van der Waals surface area contributed by atoms with E-state index in [1.54, 1.807) is 11.3 Å². The van der Waals surface area contributed by atoms with Crippen molar-refractivity contribution in [1.82, 2.24) is 9.80 Å². The zero-order valence-corrected chi connectivity index (χ0v) is 21.1. The number of benzene rings is 2. The molecule has 180 valence electrons. The number of carbonyl (C=O) groups excluding carboxylic acids is 1. The number of hydrogen-bond donors (Lipinski definition) is 1. The van der Waals surface area contributed by atoms with Crippen molar-refractivity contribution in [2.24, 2.45) is 5.92 Å². The Morgan fingerprint density at radius 1 is 1.06 bits per heavy atom. The molecule has 2 heterocycles. The molecule has 1 saturated heterocycles. The van der Waals surface area contributed by atoms with E-state index in [0.29, 0.717) is 18.0 Å². The van der Waals surface area contributed by atoms with Gasteiger partial charge in [-0.3, -0.25) is 14.6 Å². The van der Waals surface area contributed by atoms with Crippen molar-refractivity contribution in [3.05, 3.63) is 87.8 Å². The zero-order valence-electron chi connectivity index (χ0n) is 20.2. The van der Waals surface area contributed by atoms with Crippen LogP contribution < -0.4 is 5.32 Å². The third-order valence-electron chi connectivity index (χ3n) is 7.25. The van der Waals surface area contributed by atoms with Crippen molar-refractivity contribution < 1.29 is 4.79 Å². The number of rotatable bonds is 6. The Hall–Kier alpha value is -2.98. The molecule has 2 aliphatic rings. The lowest BCUT2D eigenvalue weighted by molar-refractivity contribution is -0.117. The number of nitrogens with one attached hydrogen (secondary N) is 1. The van der Waals surface area contributed by atoms with E-state index >= 15 is 0 Å². The highest BCUT2D eigenvalue weighted by atomic mass is 32.1. The van der Waals surface area contributed by atoms with Gasteiger partial charge in [0, 0.05) is 31.1 Å². The second-order valence-corrected chi connectivity index (χ2v) is 10.9. The Bertz CT molecular complexity index is 1150. The second-order valence-electron chi connectivity index (χ2n) is 9.75. The maximum atomic E-state index is 12.9. The predicted octanol–water partition coefficient (Wildman–Crippen LogP) is 5.09. The zero-order chi connectivity index (χ0) is 24.2. The van der Waals surface area contributed by atoms with E-state index in [4.69, 9.17) is 0 Å². The second kappa shape index (κ2) is 10.7. The molecule has 1 N–H and O–H groups in total. The average Bonchev–Trinajstić information content (AvgIpc) is 3.22. The first-order valence-electron chi connectivity index (χ1n) is 12.5.